The van der Waals surface area contributed by atoms with E-state index in [1.807, 2.05) is 0 Å². The summed E-state index contributed by atoms with van der Waals surface area (Å²) in [5.41, 5.74) is 8.52. The minimum absolute atomic E-state index is 0.00960. The van der Waals surface area contributed by atoms with Crippen LogP contribution in [0, 0.1) is 29.1 Å². The van der Waals surface area contributed by atoms with E-state index in [0.29, 0.717) is 40.5 Å². The van der Waals surface area contributed by atoms with Gasteiger partial charge in [-0.3, -0.25) is 14.2 Å². The maximum absolute atomic E-state index is 14.9. The molecule has 7 unspecified atom stereocenters. The first-order chi connectivity index (χ1) is 25.7. The van der Waals surface area contributed by atoms with Crippen molar-refractivity contribution in [2.45, 2.75) is 132 Å². The van der Waals surface area contributed by atoms with Crippen molar-refractivity contribution in [2.75, 3.05) is 12.3 Å². The fourth-order valence-electron chi connectivity index (χ4n) is 9.22. The highest BCUT2D eigenvalue weighted by Gasteiger charge is 2.59. The molecule has 0 bridgehead atoms. The van der Waals surface area contributed by atoms with E-state index in [2.05, 4.69) is 49.7 Å². The highest BCUT2D eigenvalue weighted by Crippen LogP contribution is 2.59. The van der Waals surface area contributed by atoms with Gasteiger partial charge in [0.05, 0.1) is 11.4 Å². The number of nitrogens with two attached hydrogens (primary N) is 1. The lowest BCUT2D eigenvalue weighted by atomic mass is 9.61. The van der Waals surface area contributed by atoms with Crippen molar-refractivity contribution in [2.24, 2.45) is 29.1 Å². The Kier molecular flexibility index (Phi) is 12.6. The number of anilines is 1. The van der Waals surface area contributed by atoms with Gasteiger partial charge < -0.3 is 25.4 Å². The zero-order chi connectivity index (χ0) is 38.8. The van der Waals surface area contributed by atoms with Crippen LogP contribution < -0.4 is 11.4 Å². The number of fused-ring (bicyclic) bond motifs is 1. The van der Waals surface area contributed by atoms with Gasteiger partial charge in [0.2, 0.25) is 0 Å². The Hall–Kier alpha value is -3.29. The minimum atomic E-state index is -3.68. The van der Waals surface area contributed by atoms with Crippen LogP contribution >= 0.6 is 11.8 Å². The van der Waals surface area contributed by atoms with Gasteiger partial charge in [0, 0.05) is 19.0 Å². The number of nitrogen functional groups attached to an aromatic ring is 1. The molecule has 0 aromatic carbocycles. The third-order valence-electron chi connectivity index (χ3n) is 12.5. The molecule has 5 fully saturated rings. The molecule has 9 atom stereocenters. The SMILES string of the molecule is C=C1CCC(O)C/C1=C/C=C1\CCC[C@@]2(C)C1CCC2[C@@H](C)/C=C/C(OC(=O)CCCC(=O)OCC1SC(n2ccc(N)nc2=O)C(F)(F)C1O)C1CC1. The molecular weight excluding hydrogens is 717 g/mol. The largest absolute Gasteiger partial charge is 0.464 e. The monoisotopic (exact) mass is 771 g/mol. The third-order valence-corrected chi connectivity index (χ3v) is 14.0. The second kappa shape index (κ2) is 16.8. The van der Waals surface area contributed by atoms with E-state index in [1.54, 1.807) is 0 Å². The second-order valence-electron chi connectivity index (χ2n) is 16.3. The van der Waals surface area contributed by atoms with Gasteiger partial charge in [0.1, 0.15) is 24.6 Å². The van der Waals surface area contributed by atoms with Crippen molar-refractivity contribution in [1.29, 1.82) is 0 Å². The van der Waals surface area contributed by atoms with Crippen LogP contribution in [0.3, 0.4) is 0 Å². The van der Waals surface area contributed by atoms with E-state index in [4.69, 9.17) is 15.2 Å². The number of thioether (sulfide) groups is 1. The maximum atomic E-state index is 14.9. The lowest BCUT2D eigenvalue weighted by Gasteiger charge is -2.44. The van der Waals surface area contributed by atoms with Crippen molar-refractivity contribution >= 4 is 29.5 Å². The number of esters is 2. The molecule has 4 N–H and O–H groups in total. The van der Waals surface area contributed by atoms with E-state index >= 15 is 0 Å². The van der Waals surface area contributed by atoms with Crippen LogP contribution in [0.4, 0.5) is 14.6 Å². The van der Waals surface area contributed by atoms with Crippen molar-refractivity contribution in [1.82, 2.24) is 9.55 Å². The quantitative estimate of drug-likeness (QED) is 0.144. The van der Waals surface area contributed by atoms with Gasteiger partial charge in [-0.2, -0.15) is 4.98 Å². The molecule has 2 heterocycles. The van der Waals surface area contributed by atoms with Crippen molar-refractivity contribution in [3.05, 3.63) is 70.3 Å². The highest BCUT2D eigenvalue weighted by molar-refractivity contribution is 8.00. The summed E-state index contributed by atoms with van der Waals surface area (Å²) in [6.45, 7) is 8.48. The summed E-state index contributed by atoms with van der Waals surface area (Å²) in [6, 6.07) is 1.21. The number of aromatic nitrogens is 2. The first kappa shape index (κ1) is 40.4. The first-order valence-corrected chi connectivity index (χ1v) is 20.5. The smallest absolute Gasteiger partial charge is 0.350 e. The van der Waals surface area contributed by atoms with Crippen LogP contribution in [0.1, 0.15) is 103 Å². The molecule has 0 spiro atoms. The van der Waals surface area contributed by atoms with Crippen LogP contribution in [-0.4, -0.2) is 67.8 Å². The van der Waals surface area contributed by atoms with Crippen molar-refractivity contribution < 1.29 is 38.1 Å². The third kappa shape index (κ3) is 9.05. The summed E-state index contributed by atoms with van der Waals surface area (Å²) in [4.78, 5) is 40.9. The van der Waals surface area contributed by atoms with Crippen molar-refractivity contribution in [3.63, 3.8) is 0 Å². The maximum Gasteiger partial charge on any atom is 0.350 e. The van der Waals surface area contributed by atoms with Gasteiger partial charge in [0.25, 0.3) is 0 Å². The molecule has 54 heavy (non-hydrogen) atoms. The van der Waals surface area contributed by atoms with E-state index in [-0.39, 0.29) is 48.6 Å². The predicted octanol–water partition coefficient (Wildman–Crippen LogP) is 6.83. The fraction of sp³-hybridized carbons (Fsp3) is 0.659. The predicted molar refractivity (Wildman–Crippen MR) is 203 cm³/mol. The number of hydrogen-bond acceptors (Lipinski definition) is 10. The summed E-state index contributed by atoms with van der Waals surface area (Å²) in [5.74, 6) is -3.22. The molecule has 4 saturated carbocycles. The lowest BCUT2D eigenvalue weighted by Crippen LogP contribution is -2.42. The molecule has 0 amide bonds. The Morgan fingerprint density at radius 3 is 2.63 bits per heavy atom. The molecule has 1 aromatic heterocycles. The van der Waals surface area contributed by atoms with Gasteiger partial charge in [-0.1, -0.05) is 49.8 Å². The molecule has 1 saturated heterocycles. The molecule has 6 rings (SSSR count). The second-order valence-corrected chi connectivity index (χ2v) is 17.6. The average Bonchev–Trinajstić information content (AvgIpc) is 3.86. The number of carbonyl (C=O) groups is 2. The van der Waals surface area contributed by atoms with E-state index in [0.717, 1.165) is 63.1 Å². The number of rotatable bonds is 13. The topological polar surface area (TPSA) is 154 Å². The summed E-state index contributed by atoms with van der Waals surface area (Å²) in [7, 11) is 0. The lowest BCUT2D eigenvalue weighted by molar-refractivity contribution is -0.149. The van der Waals surface area contributed by atoms with Gasteiger partial charge in [-0.15, -0.1) is 11.8 Å². The normalized spacial score (nSPS) is 33.6. The number of allylic oxidation sites excluding steroid dienone is 5. The van der Waals surface area contributed by atoms with Crippen LogP contribution in [0.5, 0.6) is 0 Å². The van der Waals surface area contributed by atoms with Gasteiger partial charge in [-0.25, -0.2) is 13.6 Å². The molecule has 1 aromatic rings. The molecule has 5 aliphatic rings. The number of carbonyl (C=O) groups excluding carboxylic acids is 2. The molecule has 296 valence electrons. The van der Waals surface area contributed by atoms with Gasteiger partial charge in [0.15, 0.2) is 5.37 Å². The molecule has 13 heteroatoms. The number of ether oxygens (including phenoxy) is 2. The fourth-order valence-corrected chi connectivity index (χ4v) is 10.6. The Labute approximate surface area is 320 Å². The zero-order valence-electron chi connectivity index (χ0n) is 31.3. The van der Waals surface area contributed by atoms with Gasteiger partial charge >= 0.3 is 23.6 Å². The Bertz CT molecular complexity index is 1720. The first-order valence-electron chi connectivity index (χ1n) is 19.5. The standard InChI is InChI=1S/C41H55F2N3O7S/c1-24-9-15-29(47)22-28(24)14-11-26-6-5-20-40(3)30(16-17-31(26)40)25(2)10-18-32(27-12-13-27)53-36(49)8-4-7-35(48)52-23-33-37(50)41(42,43)38(54-33)46-21-19-34(44)45-39(46)51/h10-11,14,18-19,21,25,27,29-33,37-38,47,50H,1,4-9,12-13,15-17,20,22-23H2,2-3H3,(H2,44,45,51)/b18-10+,26-11+,28-14-/t25-,29?,30?,31?,32?,33?,37?,38?,40+/m0/s1. The number of halogens is 2. The average molecular weight is 772 g/mol. The summed E-state index contributed by atoms with van der Waals surface area (Å²) in [5, 5.41) is 17.5. The van der Waals surface area contributed by atoms with E-state index in [1.165, 1.54) is 23.6 Å². The van der Waals surface area contributed by atoms with Crippen molar-refractivity contribution in [3.8, 4) is 0 Å². The Morgan fingerprint density at radius 1 is 1.13 bits per heavy atom. The number of nitrogens with zero attached hydrogens (tertiary/aromatic N) is 2. The van der Waals surface area contributed by atoms with Crippen LogP contribution in [0.25, 0.3) is 0 Å². The number of aliphatic hydroxyl groups excluding tert-OH is 2. The number of aliphatic hydroxyl groups is 2. The molecule has 10 nitrogen and oxygen atoms in total. The number of alkyl halides is 2. The molecule has 1 aliphatic heterocycles. The van der Waals surface area contributed by atoms with Crippen LogP contribution in [0.15, 0.2) is 64.7 Å². The summed E-state index contributed by atoms with van der Waals surface area (Å²) < 4.78 is 41.5. The summed E-state index contributed by atoms with van der Waals surface area (Å²) >= 11 is 0.622. The molecule has 0 radical (unpaired) electrons. The van der Waals surface area contributed by atoms with E-state index < -0.39 is 46.9 Å². The van der Waals surface area contributed by atoms with Gasteiger partial charge in [-0.05, 0) is 117 Å². The van der Waals surface area contributed by atoms with Crippen LogP contribution in [0.2, 0.25) is 0 Å². The highest BCUT2D eigenvalue weighted by atomic mass is 32.2. The number of hydrogen-bond donors (Lipinski definition) is 3. The Balaban J connectivity index is 0.959. The zero-order valence-corrected chi connectivity index (χ0v) is 32.2. The van der Waals surface area contributed by atoms with E-state index in [9.17, 15) is 33.4 Å². The summed E-state index contributed by atoms with van der Waals surface area (Å²) in [6.07, 6.45) is 17.4. The molecular formula is C41H55F2N3O7S. The molecule has 4 aliphatic carbocycles. The van der Waals surface area contributed by atoms with Crippen LogP contribution in [-0.2, 0) is 19.1 Å². The minimum Gasteiger partial charge on any atom is -0.464 e. The Morgan fingerprint density at radius 2 is 1.89 bits per heavy atom.